The van der Waals surface area contributed by atoms with Crippen molar-refractivity contribution in [3.05, 3.63) is 80.3 Å². The summed E-state index contributed by atoms with van der Waals surface area (Å²) in [5.41, 5.74) is 6.00. The van der Waals surface area contributed by atoms with Crippen LogP contribution in [0.15, 0.2) is 69.2 Å². The van der Waals surface area contributed by atoms with Gasteiger partial charge in [-0.2, -0.15) is 0 Å². The van der Waals surface area contributed by atoms with Gasteiger partial charge in [-0.05, 0) is 0 Å². The van der Waals surface area contributed by atoms with Gasteiger partial charge in [0.05, 0.1) is 0 Å². The maximum atomic E-state index is 6.78. The maximum Gasteiger partial charge on any atom is -1.00 e. The third kappa shape index (κ3) is 3.94. The molecule has 0 spiro atoms. The molecule has 25 heavy (non-hydrogen) atoms. The van der Waals surface area contributed by atoms with E-state index in [0.717, 1.165) is 6.42 Å². The third-order valence-electron chi connectivity index (χ3n) is 4.72. The van der Waals surface area contributed by atoms with Crippen LogP contribution in [0.5, 0.6) is 0 Å². The molecule has 0 fully saturated rings. The molecule has 2 aromatic rings. The monoisotopic (exact) mass is 482 g/mol. The molecule has 0 unspecified atom stereocenters. The molecule has 0 aliphatic heterocycles. The Bertz CT molecular complexity index is 791. The van der Waals surface area contributed by atoms with Gasteiger partial charge in [-0.3, -0.25) is 0 Å². The van der Waals surface area contributed by atoms with E-state index in [1.165, 1.54) is 16.3 Å². The van der Waals surface area contributed by atoms with Gasteiger partial charge in [-0.25, -0.2) is 0 Å². The molecule has 0 heterocycles. The standard InChI is InChI=1S/C13H9.C7H10ClSi.2ClH.Zr/c1-3-7-12-10(5-1)9-11-6-2-4-8-13(11)12;1-9(2,8)7-5-3-4-6-7;;;/h1-9H;3,5H,4H2,1-2H3;2*1H;/q;;;;+2/p-2. The first-order chi connectivity index (χ1) is 11.1. The Morgan fingerprint density at radius 1 is 0.920 bits per heavy atom. The van der Waals surface area contributed by atoms with Crippen molar-refractivity contribution in [3.63, 3.8) is 0 Å². The zero-order valence-electron chi connectivity index (χ0n) is 14.2. The molecule has 0 bridgehead atoms. The number of hydrogen-bond donors (Lipinski definition) is 0. The first-order valence-corrected chi connectivity index (χ1v) is 14.8. The van der Waals surface area contributed by atoms with E-state index in [9.17, 15) is 0 Å². The first kappa shape index (κ1) is 21.2. The quantitative estimate of drug-likeness (QED) is 0.426. The summed E-state index contributed by atoms with van der Waals surface area (Å²) in [5.74, 6) is 0. The number of rotatable bonds is 3. The van der Waals surface area contributed by atoms with E-state index in [2.05, 4.69) is 73.8 Å². The van der Waals surface area contributed by atoms with E-state index >= 15 is 0 Å². The van der Waals surface area contributed by atoms with Gasteiger partial charge in [0.1, 0.15) is 0 Å². The van der Waals surface area contributed by atoms with E-state index in [1.807, 2.05) is 0 Å². The van der Waals surface area contributed by atoms with Crippen LogP contribution in [0, 0.1) is 0 Å². The van der Waals surface area contributed by atoms with Crippen LogP contribution in [-0.2, 0) is 23.2 Å². The van der Waals surface area contributed by atoms with E-state index in [4.69, 9.17) is 11.1 Å². The van der Waals surface area contributed by atoms with E-state index in [0.29, 0.717) is 3.63 Å². The predicted octanol–water partition coefficient (Wildman–Crippen LogP) is 0.0440. The van der Waals surface area contributed by atoms with Crippen molar-refractivity contribution in [1.29, 1.82) is 0 Å². The molecule has 4 rings (SSSR count). The molecule has 0 radical (unpaired) electrons. The van der Waals surface area contributed by atoms with Gasteiger partial charge in [0.2, 0.25) is 0 Å². The Morgan fingerprint density at radius 3 is 1.96 bits per heavy atom. The van der Waals surface area contributed by atoms with Gasteiger partial charge in [0.25, 0.3) is 0 Å². The second kappa shape index (κ2) is 8.28. The molecule has 2 aliphatic carbocycles. The molecule has 128 valence electrons. The molecule has 5 heteroatoms. The van der Waals surface area contributed by atoms with Crippen LogP contribution in [0.4, 0.5) is 0 Å². The third-order valence-corrected chi connectivity index (χ3v) is 12.0. The maximum absolute atomic E-state index is 6.78. The summed E-state index contributed by atoms with van der Waals surface area (Å²) in [6.45, 7) is 4.52. The predicted molar refractivity (Wildman–Crippen MR) is 97.8 cm³/mol. The van der Waals surface area contributed by atoms with E-state index in [1.54, 1.807) is 14.4 Å². The average molecular weight is 485 g/mol. The Labute approximate surface area is 179 Å². The minimum absolute atomic E-state index is 0. The number of fused-ring (bicyclic) bond motifs is 3. The molecule has 2 aromatic carbocycles. The zero-order valence-corrected chi connectivity index (χ0v) is 19.9. The van der Waals surface area contributed by atoms with Gasteiger partial charge >= 0.3 is 156 Å². The number of hydrogen-bond acceptors (Lipinski definition) is 0. The van der Waals surface area contributed by atoms with Crippen molar-refractivity contribution >= 4 is 18.5 Å². The average Bonchev–Trinajstić information content (AvgIpc) is 3.12. The second-order valence-electron chi connectivity index (χ2n) is 6.72. The summed E-state index contributed by atoms with van der Waals surface area (Å²) in [6.07, 6.45) is 5.79. The molecule has 0 atom stereocenters. The number of allylic oxidation sites excluding steroid dienone is 4. The Balaban J connectivity index is 0.00000113. The minimum Gasteiger partial charge on any atom is -1.00 e. The molecule has 0 N–H and O–H groups in total. The molecule has 0 nitrogen and oxygen atoms in total. The Morgan fingerprint density at radius 2 is 1.44 bits per heavy atom. The van der Waals surface area contributed by atoms with Crippen LogP contribution < -0.4 is 24.8 Å². The summed E-state index contributed by atoms with van der Waals surface area (Å²) in [4.78, 5) is 0. The van der Waals surface area contributed by atoms with Crippen molar-refractivity contribution in [2.24, 2.45) is 0 Å². The van der Waals surface area contributed by atoms with Gasteiger partial charge in [0.15, 0.2) is 0 Å². The molecule has 0 saturated carbocycles. The summed E-state index contributed by atoms with van der Waals surface area (Å²) in [6, 6.07) is 18.0. The molecule has 0 saturated heterocycles. The number of benzene rings is 2. The minimum atomic E-state index is -1.73. The summed E-state index contributed by atoms with van der Waals surface area (Å²) in [7, 11) is -1.73. The Kier molecular flexibility index (Phi) is 7.02. The largest absolute Gasteiger partial charge is 1.00 e. The van der Waals surface area contributed by atoms with Crippen LogP contribution in [0.1, 0.15) is 21.2 Å². The molecule has 0 amide bonds. The van der Waals surface area contributed by atoms with Crippen molar-refractivity contribution in [1.82, 2.24) is 0 Å². The van der Waals surface area contributed by atoms with E-state index in [-0.39, 0.29) is 24.8 Å². The smallest absolute Gasteiger partial charge is 1.00 e. The van der Waals surface area contributed by atoms with Gasteiger partial charge < -0.3 is 24.8 Å². The fourth-order valence-electron chi connectivity index (χ4n) is 3.68. The van der Waals surface area contributed by atoms with Gasteiger partial charge in [-0.1, -0.05) is 0 Å². The second-order valence-corrected chi connectivity index (χ2v) is 16.7. The van der Waals surface area contributed by atoms with Crippen molar-refractivity contribution in [2.45, 2.75) is 23.1 Å². The summed E-state index contributed by atoms with van der Waals surface area (Å²) >= 11 is 6.03. The SMILES string of the molecule is C[Si](C)(Cl)C1=[C]([Zr+2][CH]2c3ccccc3-c3ccccc32)CC=C1.[Cl-].[Cl-]. The van der Waals surface area contributed by atoms with Crippen molar-refractivity contribution in [2.75, 3.05) is 0 Å². The fourth-order valence-corrected chi connectivity index (χ4v) is 12.9. The van der Waals surface area contributed by atoms with Crippen LogP contribution in [0.2, 0.25) is 13.1 Å². The summed E-state index contributed by atoms with van der Waals surface area (Å²) < 4.78 is 2.36. The molecular formula is C20H19Cl3SiZr. The van der Waals surface area contributed by atoms with Gasteiger partial charge in [0, 0.05) is 0 Å². The topological polar surface area (TPSA) is 0 Å². The zero-order chi connectivity index (χ0) is 16.0. The first-order valence-electron chi connectivity index (χ1n) is 8.09. The number of halogens is 3. The Hall–Kier alpha value is -0.110. The normalized spacial score (nSPS) is 15.2. The van der Waals surface area contributed by atoms with E-state index < -0.39 is 30.6 Å². The van der Waals surface area contributed by atoms with Gasteiger partial charge in [-0.15, -0.1) is 0 Å². The summed E-state index contributed by atoms with van der Waals surface area (Å²) in [5, 5.41) is 1.52. The van der Waals surface area contributed by atoms with Crippen LogP contribution >= 0.6 is 11.1 Å². The fraction of sp³-hybridized carbons (Fsp3) is 0.200. The van der Waals surface area contributed by atoms with Crippen LogP contribution in [0.3, 0.4) is 0 Å². The molecule has 0 aromatic heterocycles. The molecule has 2 aliphatic rings. The van der Waals surface area contributed by atoms with Crippen LogP contribution in [-0.4, -0.2) is 7.38 Å². The molecular weight excluding hydrogens is 466 g/mol. The van der Waals surface area contributed by atoms with Crippen molar-refractivity contribution in [3.8, 4) is 11.1 Å². The van der Waals surface area contributed by atoms with Crippen LogP contribution in [0.25, 0.3) is 11.1 Å². The van der Waals surface area contributed by atoms with Crippen molar-refractivity contribution < 1.29 is 48.0 Å².